The molecule has 1 amide bonds. The summed E-state index contributed by atoms with van der Waals surface area (Å²) >= 11 is 5.68. The molecular weight excluding hydrogens is 350 g/mol. The molecule has 0 aliphatic rings. The minimum Gasteiger partial charge on any atom is -0.449 e. The highest BCUT2D eigenvalue weighted by Gasteiger charge is 2.32. The van der Waals surface area contributed by atoms with Crippen molar-refractivity contribution in [2.75, 3.05) is 0 Å². The van der Waals surface area contributed by atoms with Crippen LogP contribution in [-0.2, 0) is 9.53 Å². The summed E-state index contributed by atoms with van der Waals surface area (Å²) in [5, 5.41) is 22.5. The van der Waals surface area contributed by atoms with E-state index in [0.29, 0.717) is 0 Å². The molecule has 0 radical (unpaired) electrons. The zero-order chi connectivity index (χ0) is 19.4. The second-order valence-electron chi connectivity index (χ2n) is 5.93. The summed E-state index contributed by atoms with van der Waals surface area (Å²) in [6.45, 7) is 6.45. The van der Waals surface area contributed by atoms with Crippen LogP contribution in [0, 0.1) is 27.4 Å². The second kappa shape index (κ2) is 7.94. The number of hydrogen-bond donors (Lipinski definition) is 1. The number of esters is 1. The van der Waals surface area contributed by atoms with E-state index in [4.69, 9.17) is 16.3 Å². The van der Waals surface area contributed by atoms with Crippen molar-refractivity contribution in [3.05, 3.63) is 38.9 Å². The number of ether oxygens (including phenoxy) is 1. The fourth-order valence-corrected chi connectivity index (χ4v) is 1.91. The monoisotopic (exact) mass is 367 g/mol. The Morgan fingerprint density at radius 3 is 2.48 bits per heavy atom. The molecule has 1 N–H and O–H groups in total. The summed E-state index contributed by atoms with van der Waals surface area (Å²) in [7, 11) is 0. The minimum atomic E-state index is -1.19. The molecule has 1 rings (SSSR count). The Bertz CT molecular complexity index is 744. The number of nitriles is 1. The predicted octanol–water partition coefficient (Wildman–Crippen LogP) is 2.85. The van der Waals surface area contributed by atoms with Crippen LogP contribution in [0.2, 0.25) is 5.02 Å². The van der Waals surface area contributed by atoms with Crippen molar-refractivity contribution in [3.8, 4) is 6.07 Å². The Hall–Kier alpha value is -2.66. The average Bonchev–Trinajstić information content (AvgIpc) is 2.54. The number of hydrogen-bond acceptors (Lipinski definition) is 6. The van der Waals surface area contributed by atoms with E-state index in [1.54, 1.807) is 20.8 Å². The van der Waals surface area contributed by atoms with Gasteiger partial charge in [-0.25, -0.2) is 4.79 Å². The van der Waals surface area contributed by atoms with Crippen LogP contribution in [0.25, 0.3) is 0 Å². The molecule has 0 bridgehead atoms. The molecule has 0 saturated carbocycles. The van der Waals surface area contributed by atoms with Crippen LogP contribution in [0.3, 0.4) is 0 Å². The first kappa shape index (κ1) is 20.4. The summed E-state index contributed by atoms with van der Waals surface area (Å²) in [6, 6.07) is 5.45. The average molecular weight is 368 g/mol. The van der Waals surface area contributed by atoms with Gasteiger partial charge in [-0.2, -0.15) is 5.26 Å². The SMILES string of the molecule is CC(C)[C@](C)(C#N)NC(=O)[C@@H](C)OC(=O)c1ccc(Cl)c([N+](=O)[O-])c1. The lowest BCUT2D eigenvalue weighted by Crippen LogP contribution is -2.52. The first-order valence-electron chi connectivity index (χ1n) is 7.40. The summed E-state index contributed by atoms with van der Waals surface area (Å²) in [4.78, 5) is 34.4. The summed E-state index contributed by atoms with van der Waals surface area (Å²) in [5.41, 5.74) is -1.66. The highest BCUT2D eigenvalue weighted by molar-refractivity contribution is 6.32. The van der Waals surface area contributed by atoms with E-state index in [1.807, 2.05) is 6.07 Å². The van der Waals surface area contributed by atoms with E-state index in [1.165, 1.54) is 19.1 Å². The van der Waals surface area contributed by atoms with E-state index in [-0.39, 0.29) is 16.5 Å². The molecule has 0 aliphatic carbocycles. The maximum atomic E-state index is 12.1. The third-order valence-corrected chi connectivity index (χ3v) is 4.12. The number of nitro benzene ring substituents is 1. The van der Waals surface area contributed by atoms with Gasteiger partial charge in [-0.1, -0.05) is 25.4 Å². The van der Waals surface area contributed by atoms with E-state index >= 15 is 0 Å². The van der Waals surface area contributed by atoms with Gasteiger partial charge in [0.05, 0.1) is 16.6 Å². The molecule has 1 aromatic rings. The number of halogens is 1. The van der Waals surface area contributed by atoms with Crippen molar-refractivity contribution in [2.24, 2.45) is 5.92 Å². The molecular formula is C16H18ClN3O5. The summed E-state index contributed by atoms with van der Waals surface area (Å²) < 4.78 is 5.02. The lowest BCUT2D eigenvalue weighted by atomic mass is 9.90. The molecule has 0 spiro atoms. The fourth-order valence-electron chi connectivity index (χ4n) is 1.72. The van der Waals surface area contributed by atoms with Crippen molar-refractivity contribution >= 4 is 29.2 Å². The van der Waals surface area contributed by atoms with Gasteiger partial charge in [-0.15, -0.1) is 0 Å². The highest BCUT2D eigenvalue weighted by Crippen LogP contribution is 2.25. The molecule has 2 atom stereocenters. The lowest BCUT2D eigenvalue weighted by molar-refractivity contribution is -0.384. The summed E-state index contributed by atoms with van der Waals surface area (Å²) in [6.07, 6.45) is -1.19. The van der Waals surface area contributed by atoms with Crippen LogP contribution in [-0.4, -0.2) is 28.4 Å². The van der Waals surface area contributed by atoms with Gasteiger partial charge in [0.15, 0.2) is 6.10 Å². The maximum Gasteiger partial charge on any atom is 0.339 e. The largest absolute Gasteiger partial charge is 0.449 e. The van der Waals surface area contributed by atoms with Crippen LogP contribution in [0.15, 0.2) is 18.2 Å². The third-order valence-electron chi connectivity index (χ3n) is 3.80. The van der Waals surface area contributed by atoms with Crippen molar-refractivity contribution in [2.45, 2.75) is 39.3 Å². The summed E-state index contributed by atoms with van der Waals surface area (Å²) in [5.74, 6) is -1.72. The molecule has 0 saturated heterocycles. The molecule has 0 unspecified atom stereocenters. The van der Waals surface area contributed by atoms with Crippen molar-refractivity contribution in [1.29, 1.82) is 5.26 Å². The zero-order valence-corrected chi connectivity index (χ0v) is 15.0. The molecule has 8 nitrogen and oxygen atoms in total. The number of nitrogens with one attached hydrogen (secondary N) is 1. The number of nitrogens with zero attached hydrogens (tertiary/aromatic N) is 2. The molecule has 1 aromatic carbocycles. The number of rotatable bonds is 6. The van der Waals surface area contributed by atoms with Crippen LogP contribution in [0.1, 0.15) is 38.1 Å². The highest BCUT2D eigenvalue weighted by atomic mass is 35.5. The number of amides is 1. The standard InChI is InChI=1S/C16H18ClN3O5/c1-9(2)16(4,8-18)19-14(21)10(3)25-15(22)11-5-6-12(17)13(7-11)20(23)24/h5-7,9-10H,1-4H3,(H,19,21)/t10-,16+/m1/s1. The Morgan fingerprint density at radius 1 is 1.40 bits per heavy atom. The Balaban J connectivity index is 2.87. The number of carbonyl (C=O) groups is 2. The van der Waals surface area contributed by atoms with Crippen molar-refractivity contribution in [3.63, 3.8) is 0 Å². The first-order chi connectivity index (χ1) is 11.5. The predicted molar refractivity (Wildman–Crippen MR) is 90.0 cm³/mol. The Morgan fingerprint density at radius 2 is 2.00 bits per heavy atom. The van der Waals surface area contributed by atoms with Crippen LogP contribution < -0.4 is 5.32 Å². The van der Waals surface area contributed by atoms with Crippen LogP contribution in [0.4, 0.5) is 5.69 Å². The van der Waals surface area contributed by atoms with Crippen LogP contribution >= 0.6 is 11.6 Å². The fraction of sp³-hybridized carbons (Fsp3) is 0.438. The van der Waals surface area contributed by atoms with Gasteiger partial charge < -0.3 is 10.1 Å². The Kier molecular flexibility index (Phi) is 6.48. The maximum absolute atomic E-state index is 12.1. The van der Waals surface area contributed by atoms with Gasteiger partial charge in [0.2, 0.25) is 0 Å². The quantitative estimate of drug-likeness (QED) is 0.468. The van der Waals surface area contributed by atoms with Crippen molar-refractivity contribution < 1.29 is 19.2 Å². The number of benzene rings is 1. The lowest BCUT2D eigenvalue weighted by Gasteiger charge is -2.28. The molecule has 134 valence electrons. The molecule has 0 fully saturated rings. The smallest absolute Gasteiger partial charge is 0.339 e. The van der Waals surface area contributed by atoms with Crippen molar-refractivity contribution in [1.82, 2.24) is 5.32 Å². The molecule has 0 aliphatic heterocycles. The van der Waals surface area contributed by atoms with Gasteiger partial charge in [-0.3, -0.25) is 14.9 Å². The van der Waals surface area contributed by atoms with Gasteiger partial charge in [0, 0.05) is 6.07 Å². The van der Waals surface area contributed by atoms with E-state index < -0.39 is 34.1 Å². The molecule has 0 aromatic heterocycles. The van der Waals surface area contributed by atoms with Gasteiger partial charge in [-0.05, 0) is 31.9 Å². The van der Waals surface area contributed by atoms with E-state index in [9.17, 15) is 25.0 Å². The number of nitro groups is 1. The number of carbonyl (C=O) groups excluding carboxylic acids is 2. The topological polar surface area (TPSA) is 122 Å². The normalized spacial score (nSPS) is 14.1. The zero-order valence-electron chi connectivity index (χ0n) is 14.2. The van der Waals surface area contributed by atoms with Gasteiger partial charge in [0.1, 0.15) is 10.6 Å². The van der Waals surface area contributed by atoms with E-state index in [0.717, 1.165) is 6.07 Å². The second-order valence-corrected chi connectivity index (χ2v) is 6.34. The third kappa shape index (κ3) is 4.90. The van der Waals surface area contributed by atoms with Gasteiger partial charge in [0.25, 0.3) is 11.6 Å². The molecule has 9 heteroatoms. The molecule has 25 heavy (non-hydrogen) atoms. The van der Waals surface area contributed by atoms with Crippen LogP contribution in [0.5, 0.6) is 0 Å². The first-order valence-corrected chi connectivity index (χ1v) is 7.77. The molecule has 0 heterocycles. The Labute approximate surface area is 149 Å². The van der Waals surface area contributed by atoms with Gasteiger partial charge >= 0.3 is 5.97 Å². The minimum absolute atomic E-state index is 0.109. The van der Waals surface area contributed by atoms with E-state index in [2.05, 4.69) is 5.32 Å².